The fourth-order valence-corrected chi connectivity index (χ4v) is 2.73. The third-order valence-electron chi connectivity index (χ3n) is 3.98. The van der Waals surface area contributed by atoms with Gasteiger partial charge in [-0.25, -0.2) is 15.0 Å². The molecular formula is C13H20N6O4. The highest BCUT2D eigenvalue weighted by molar-refractivity contribution is 5.82. The van der Waals surface area contributed by atoms with Gasteiger partial charge in [0.2, 0.25) is 0 Å². The molecule has 126 valence electrons. The smallest absolute Gasteiger partial charge is 0.168 e. The van der Waals surface area contributed by atoms with Gasteiger partial charge in [0, 0.05) is 13.1 Å². The van der Waals surface area contributed by atoms with Gasteiger partial charge in [0.25, 0.3) is 0 Å². The average Bonchev–Trinajstić information content (AvgIpc) is 3.06. The maximum Gasteiger partial charge on any atom is 0.168 e. The number of imidazole rings is 1. The van der Waals surface area contributed by atoms with E-state index in [1.807, 2.05) is 0 Å². The number of aliphatic hydroxyl groups excluding tert-OH is 2. The number of hydrogen-bond acceptors (Lipinski definition) is 9. The minimum Gasteiger partial charge on any atom is -0.394 e. The second kappa shape index (κ2) is 5.98. The monoisotopic (exact) mass is 324 g/mol. The summed E-state index contributed by atoms with van der Waals surface area (Å²) in [5.74, 6) is 0.524. The van der Waals surface area contributed by atoms with Crippen LogP contribution in [0.4, 0.5) is 5.82 Å². The third kappa shape index (κ3) is 2.54. The van der Waals surface area contributed by atoms with Crippen molar-refractivity contribution in [2.24, 2.45) is 5.73 Å². The van der Waals surface area contributed by atoms with Gasteiger partial charge in [-0.2, -0.15) is 0 Å². The van der Waals surface area contributed by atoms with Gasteiger partial charge in [-0.1, -0.05) is 0 Å². The summed E-state index contributed by atoms with van der Waals surface area (Å²) in [4.78, 5) is 12.6. The summed E-state index contributed by atoms with van der Waals surface area (Å²) in [5, 5.41) is 33.0. The van der Waals surface area contributed by atoms with E-state index in [-0.39, 0.29) is 0 Å². The molecule has 0 aromatic carbocycles. The van der Waals surface area contributed by atoms with Crippen LogP contribution in [0, 0.1) is 0 Å². The lowest BCUT2D eigenvalue weighted by atomic mass is 9.96. The molecule has 1 aliphatic heterocycles. The second-order valence-electron chi connectivity index (χ2n) is 5.64. The Bertz CT molecular complexity index is 690. The van der Waals surface area contributed by atoms with Gasteiger partial charge in [0.05, 0.1) is 12.9 Å². The molecular weight excluding hydrogens is 304 g/mol. The van der Waals surface area contributed by atoms with Crippen molar-refractivity contribution in [2.45, 2.75) is 31.0 Å². The first kappa shape index (κ1) is 16.0. The molecule has 0 amide bonds. The summed E-state index contributed by atoms with van der Waals surface area (Å²) in [5.41, 5.74) is 4.81. The second-order valence-corrected chi connectivity index (χ2v) is 5.64. The van der Waals surface area contributed by atoms with Crippen molar-refractivity contribution in [2.75, 3.05) is 25.0 Å². The van der Waals surface area contributed by atoms with Gasteiger partial charge in [-0.05, 0) is 6.92 Å². The highest BCUT2D eigenvalue weighted by Gasteiger charge is 2.53. The van der Waals surface area contributed by atoms with Gasteiger partial charge < -0.3 is 31.1 Å². The topological polar surface area (TPSA) is 152 Å². The first-order valence-electron chi connectivity index (χ1n) is 7.29. The molecule has 6 N–H and O–H groups in total. The Balaban J connectivity index is 2.01. The highest BCUT2D eigenvalue weighted by Crippen LogP contribution is 2.39. The predicted octanol–water partition coefficient (Wildman–Crippen LogP) is -1.80. The first-order chi connectivity index (χ1) is 11.0. The number of rotatable bonds is 5. The summed E-state index contributed by atoms with van der Waals surface area (Å²) in [6, 6.07) is 0. The van der Waals surface area contributed by atoms with Crippen molar-refractivity contribution < 1.29 is 20.1 Å². The number of aromatic nitrogens is 4. The van der Waals surface area contributed by atoms with E-state index in [2.05, 4.69) is 20.3 Å². The largest absolute Gasteiger partial charge is 0.394 e. The van der Waals surface area contributed by atoms with Gasteiger partial charge in [0.1, 0.15) is 24.1 Å². The van der Waals surface area contributed by atoms with Gasteiger partial charge in [0.15, 0.2) is 23.2 Å². The van der Waals surface area contributed by atoms with E-state index in [0.29, 0.717) is 30.1 Å². The van der Waals surface area contributed by atoms with Crippen molar-refractivity contribution >= 4 is 17.0 Å². The quantitative estimate of drug-likeness (QED) is 0.429. The Kier molecular flexibility index (Phi) is 4.17. The SMILES string of the molecule is CC1(O)C(O)C(CO)OC1n1cnc2c(NCCN)ncnc21. The predicted molar refractivity (Wildman–Crippen MR) is 80.5 cm³/mol. The lowest BCUT2D eigenvalue weighted by Gasteiger charge is -2.27. The fraction of sp³-hybridized carbons (Fsp3) is 0.615. The molecule has 23 heavy (non-hydrogen) atoms. The zero-order valence-electron chi connectivity index (χ0n) is 12.6. The van der Waals surface area contributed by atoms with E-state index < -0.39 is 30.6 Å². The molecule has 0 spiro atoms. The van der Waals surface area contributed by atoms with Crippen LogP contribution in [-0.4, -0.2) is 72.3 Å². The molecule has 1 saturated heterocycles. The summed E-state index contributed by atoms with van der Waals surface area (Å²) in [6.07, 6.45) is -0.227. The number of fused-ring (bicyclic) bond motifs is 1. The fourth-order valence-electron chi connectivity index (χ4n) is 2.73. The zero-order chi connectivity index (χ0) is 16.6. The van der Waals surface area contributed by atoms with Crippen LogP contribution in [0.25, 0.3) is 11.2 Å². The Morgan fingerprint density at radius 2 is 2.22 bits per heavy atom. The van der Waals surface area contributed by atoms with Gasteiger partial charge in [-0.15, -0.1) is 0 Å². The van der Waals surface area contributed by atoms with Crippen molar-refractivity contribution in [1.29, 1.82) is 0 Å². The molecule has 1 aliphatic rings. The molecule has 0 saturated carbocycles. The highest BCUT2D eigenvalue weighted by atomic mass is 16.6. The minimum atomic E-state index is -1.60. The standard InChI is InChI=1S/C13H20N6O4/c1-13(22)9(21)7(4-20)23-12(13)19-6-18-8-10(15-3-2-14)16-5-17-11(8)19/h5-7,9,12,20-22H,2-4,14H2,1H3,(H,15,16,17). The van der Waals surface area contributed by atoms with Crippen LogP contribution < -0.4 is 11.1 Å². The normalized spacial score (nSPS) is 30.9. The van der Waals surface area contributed by atoms with Crippen molar-refractivity contribution in [3.63, 3.8) is 0 Å². The van der Waals surface area contributed by atoms with E-state index in [4.69, 9.17) is 10.5 Å². The molecule has 2 aromatic heterocycles. The van der Waals surface area contributed by atoms with Crippen LogP contribution in [0.5, 0.6) is 0 Å². The first-order valence-corrected chi connectivity index (χ1v) is 7.29. The Morgan fingerprint density at radius 3 is 2.87 bits per heavy atom. The van der Waals surface area contributed by atoms with Crippen molar-refractivity contribution in [1.82, 2.24) is 19.5 Å². The molecule has 10 nitrogen and oxygen atoms in total. The van der Waals surface area contributed by atoms with Crippen molar-refractivity contribution in [3.8, 4) is 0 Å². The average molecular weight is 324 g/mol. The minimum absolute atomic E-state index is 0.404. The third-order valence-corrected chi connectivity index (χ3v) is 3.98. The van der Waals surface area contributed by atoms with Crippen LogP contribution in [0.3, 0.4) is 0 Å². The maximum absolute atomic E-state index is 10.6. The Morgan fingerprint density at radius 1 is 1.43 bits per heavy atom. The Hall–Kier alpha value is -1.85. The zero-order valence-corrected chi connectivity index (χ0v) is 12.6. The molecule has 1 fully saturated rings. The summed E-state index contributed by atoms with van der Waals surface area (Å²) < 4.78 is 7.10. The number of hydrogen-bond donors (Lipinski definition) is 5. The molecule has 3 rings (SSSR count). The lowest BCUT2D eigenvalue weighted by Crippen LogP contribution is -2.44. The lowest BCUT2D eigenvalue weighted by molar-refractivity contribution is -0.0950. The number of anilines is 1. The molecule has 4 atom stereocenters. The van der Waals surface area contributed by atoms with Gasteiger partial charge >= 0.3 is 0 Å². The Labute approximate surface area is 131 Å². The van der Waals surface area contributed by atoms with E-state index in [1.165, 1.54) is 24.1 Å². The molecule has 2 aromatic rings. The van der Waals surface area contributed by atoms with Crippen LogP contribution in [0.1, 0.15) is 13.2 Å². The van der Waals surface area contributed by atoms with E-state index in [1.54, 1.807) is 0 Å². The molecule has 0 aliphatic carbocycles. The van der Waals surface area contributed by atoms with Crippen LogP contribution >= 0.6 is 0 Å². The van der Waals surface area contributed by atoms with E-state index in [9.17, 15) is 15.3 Å². The summed E-state index contributed by atoms with van der Waals surface area (Å²) in [6.45, 7) is 2.01. The van der Waals surface area contributed by atoms with E-state index >= 15 is 0 Å². The summed E-state index contributed by atoms with van der Waals surface area (Å²) >= 11 is 0. The van der Waals surface area contributed by atoms with Crippen LogP contribution in [0.2, 0.25) is 0 Å². The maximum atomic E-state index is 10.6. The molecule has 3 heterocycles. The van der Waals surface area contributed by atoms with Crippen LogP contribution in [-0.2, 0) is 4.74 Å². The molecule has 10 heteroatoms. The number of nitrogens with one attached hydrogen (secondary N) is 1. The van der Waals surface area contributed by atoms with E-state index in [0.717, 1.165) is 0 Å². The van der Waals surface area contributed by atoms with Crippen LogP contribution in [0.15, 0.2) is 12.7 Å². The van der Waals surface area contributed by atoms with Gasteiger partial charge in [-0.3, -0.25) is 4.57 Å². The number of nitrogens with zero attached hydrogens (tertiary/aromatic N) is 4. The molecule has 0 radical (unpaired) electrons. The van der Waals surface area contributed by atoms with Crippen molar-refractivity contribution in [3.05, 3.63) is 12.7 Å². The summed E-state index contributed by atoms with van der Waals surface area (Å²) in [7, 11) is 0. The number of aliphatic hydroxyl groups is 3. The molecule has 4 unspecified atom stereocenters. The molecule has 0 bridgehead atoms. The number of ether oxygens (including phenoxy) is 1. The number of nitrogens with two attached hydrogens (primary N) is 1.